The highest BCUT2D eigenvalue weighted by atomic mass is 32.2. The molecule has 6 nitrogen and oxygen atoms in total. The summed E-state index contributed by atoms with van der Waals surface area (Å²) < 4.78 is 31.4. The van der Waals surface area contributed by atoms with Crippen LogP contribution >= 0.6 is 0 Å². The highest BCUT2D eigenvalue weighted by Gasteiger charge is 2.26. The summed E-state index contributed by atoms with van der Waals surface area (Å²) in [5.41, 5.74) is 5.47. The second-order valence-electron chi connectivity index (χ2n) is 3.62. The van der Waals surface area contributed by atoms with Crippen LogP contribution in [0.15, 0.2) is 0 Å². The zero-order valence-corrected chi connectivity index (χ0v) is 9.33. The third kappa shape index (κ3) is 4.59. The molecule has 2 N–H and O–H groups in total. The molecule has 0 amide bonds. The van der Waals surface area contributed by atoms with Crippen molar-refractivity contribution in [3.63, 3.8) is 0 Å². The standard InChI is InChI=1S/C8H15NO5S/c1-15(11,12)3-2-7(9)8(10)14-6-4-13-5-6/h6-7H,2-5,9H2,1H3. The van der Waals surface area contributed by atoms with E-state index >= 15 is 0 Å². The number of ether oxygens (including phenoxy) is 2. The minimum Gasteiger partial charge on any atom is -0.456 e. The molecule has 1 aliphatic rings. The second-order valence-corrected chi connectivity index (χ2v) is 5.88. The minimum atomic E-state index is -3.09. The van der Waals surface area contributed by atoms with Crippen LogP contribution in [0, 0.1) is 0 Å². The molecule has 0 aromatic carbocycles. The first-order valence-corrected chi connectivity index (χ1v) is 6.66. The van der Waals surface area contributed by atoms with E-state index in [1.807, 2.05) is 0 Å². The van der Waals surface area contributed by atoms with Crippen molar-refractivity contribution in [3.05, 3.63) is 0 Å². The van der Waals surface area contributed by atoms with Gasteiger partial charge >= 0.3 is 5.97 Å². The van der Waals surface area contributed by atoms with Crippen molar-refractivity contribution in [1.82, 2.24) is 0 Å². The Kier molecular flexibility index (Phi) is 4.06. The zero-order valence-electron chi connectivity index (χ0n) is 8.51. The molecule has 0 saturated carbocycles. The molecule has 0 aromatic rings. The number of rotatable bonds is 5. The Bertz CT molecular complexity index is 322. The molecule has 1 atom stereocenters. The van der Waals surface area contributed by atoms with Crippen molar-refractivity contribution in [2.45, 2.75) is 18.6 Å². The number of carbonyl (C=O) groups excluding carboxylic acids is 1. The SMILES string of the molecule is CS(=O)(=O)CCC(N)C(=O)OC1COC1. The molecule has 1 rings (SSSR count). The molecule has 0 radical (unpaired) electrons. The van der Waals surface area contributed by atoms with Crippen LogP contribution in [0.5, 0.6) is 0 Å². The number of sulfone groups is 1. The van der Waals surface area contributed by atoms with Gasteiger partial charge in [-0.15, -0.1) is 0 Å². The molecule has 1 heterocycles. The molecular weight excluding hydrogens is 222 g/mol. The normalized spacial score (nSPS) is 19.3. The largest absolute Gasteiger partial charge is 0.456 e. The van der Waals surface area contributed by atoms with E-state index in [9.17, 15) is 13.2 Å². The monoisotopic (exact) mass is 237 g/mol. The van der Waals surface area contributed by atoms with Crippen molar-refractivity contribution >= 4 is 15.8 Å². The summed E-state index contributed by atoms with van der Waals surface area (Å²) in [6.07, 6.45) is 0.970. The van der Waals surface area contributed by atoms with Crippen molar-refractivity contribution in [3.8, 4) is 0 Å². The van der Waals surface area contributed by atoms with Crippen LogP contribution in [0.25, 0.3) is 0 Å². The lowest BCUT2D eigenvalue weighted by Crippen LogP contribution is -2.43. The number of hydrogen-bond donors (Lipinski definition) is 1. The molecule has 15 heavy (non-hydrogen) atoms. The first-order valence-electron chi connectivity index (χ1n) is 4.60. The number of nitrogens with two attached hydrogens (primary N) is 1. The summed E-state index contributed by atoms with van der Waals surface area (Å²) in [4.78, 5) is 11.3. The van der Waals surface area contributed by atoms with Crippen LogP contribution in [0.2, 0.25) is 0 Å². The van der Waals surface area contributed by atoms with Crippen molar-refractivity contribution in [1.29, 1.82) is 0 Å². The molecular formula is C8H15NO5S. The summed E-state index contributed by atoms with van der Waals surface area (Å²) in [6.45, 7) is 0.787. The van der Waals surface area contributed by atoms with Crippen LogP contribution in [-0.2, 0) is 24.1 Å². The fraction of sp³-hybridized carbons (Fsp3) is 0.875. The van der Waals surface area contributed by atoms with Gasteiger partial charge in [0.25, 0.3) is 0 Å². The molecule has 0 spiro atoms. The van der Waals surface area contributed by atoms with E-state index in [-0.39, 0.29) is 18.3 Å². The lowest BCUT2D eigenvalue weighted by atomic mass is 10.2. The van der Waals surface area contributed by atoms with E-state index in [1.54, 1.807) is 0 Å². The Balaban J connectivity index is 2.26. The zero-order chi connectivity index (χ0) is 11.5. The maximum Gasteiger partial charge on any atom is 0.323 e. The van der Waals surface area contributed by atoms with E-state index in [0.29, 0.717) is 13.2 Å². The average molecular weight is 237 g/mol. The highest BCUT2D eigenvalue weighted by Crippen LogP contribution is 2.07. The first-order chi connectivity index (χ1) is 6.88. The lowest BCUT2D eigenvalue weighted by Gasteiger charge is -2.26. The van der Waals surface area contributed by atoms with E-state index in [4.69, 9.17) is 15.2 Å². The predicted molar refractivity (Wildman–Crippen MR) is 53.0 cm³/mol. The molecule has 1 fully saturated rings. The van der Waals surface area contributed by atoms with Crippen molar-refractivity contribution in [2.75, 3.05) is 25.2 Å². The summed E-state index contributed by atoms with van der Waals surface area (Å²) in [6, 6.07) is -0.875. The van der Waals surface area contributed by atoms with Crippen molar-refractivity contribution in [2.24, 2.45) is 5.73 Å². The van der Waals surface area contributed by atoms with Crippen LogP contribution in [0.3, 0.4) is 0 Å². The molecule has 0 aliphatic carbocycles. The Hall–Kier alpha value is -0.660. The smallest absolute Gasteiger partial charge is 0.323 e. The lowest BCUT2D eigenvalue weighted by molar-refractivity contribution is -0.173. The molecule has 0 bridgehead atoms. The quantitative estimate of drug-likeness (QED) is 0.596. The van der Waals surface area contributed by atoms with Gasteiger partial charge in [-0.1, -0.05) is 0 Å². The molecule has 1 saturated heterocycles. The van der Waals surface area contributed by atoms with Gasteiger partial charge in [-0.2, -0.15) is 0 Å². The van der Waals surface area contributed by atoms with Crippen LogP contribution < -0.4 is 5.73 Å². The minimum absolute atomic E-state index is 0.0885. The summed E-state index contributed by atoms with van der Waals surface area (Å²) >= 11 is 0. The second kappa shape index (κ2) is 4.91. The van der Waals surface area contributed by atoms with Gasteiger partial charge in [0.1, 0.15) is 22.0 Å². The first kappa shape index (κ1) is 12.4. The van der Waals surface area contributed by atoms with Gasteiger partial charge in [-0.25, -0.2) is 8.42 Å². The van der Waals surface area contributed by atoms with Gasteiger partial charge in [-0.3, -0.25) is 4.79 Å². The molecule has 1 aliphatic heterocycles. The van der Waals surface area contributed by atoms with E-state index in [2.05, 4.69) is 0 Å². The van der Waals surface area contributed by atoms with E-state index in [1.165, 1.54) is 0 Å². The third-order valence-electron chi connectivity index (χ3n) is 1.99. The number of esters is 1. The third-order valence-corrected chi connectivity index (χ3v) is 2.97. The van der Waals surface area contributed by atoms with Crippen LogP contribution in [0.1, 0.15) is 6.42 Å². The molecule has 7 heteroatoms. The topological polar surface area (TPSA) is 95.7 Å². The van der Waals surface area contributed by atoms with Gasteiger partial charge in [0.05, 0.1) is 19.0 Å². The average Bonchev–Trinajstić information content (AvgIpc) is 2.05. The van der Waals surface area contributed by atoms with Crippen LogP contribution in [-0.4, -0.2) is 51.8 Å². The van der Waals surface area contributed by atoms with E-state index in [0.717, 1.165) is 6.26 Å². The Labute approximate surface area is 88.6 Å². The Morgan fingerprint density at radius 1 is 1.60 bits per heavy atom. The summed E-state index contributed by atoms with van der Waals surface area (Å²) in [5, 5.41) is 0. The maximum absolute atomic E-state index is 11.3. The summed E-state index contributed by atoms with van der Waals surface area (Å²) in [7, 11) is -3.09. The predicted octanol–water partition coefficient (Wildman–Crippen LogP) is -1.31. The number of hydrogen-bond acceptors (Lipinski definition) is 6. The number of carbonyl (C=O) groups is 1. The highest BCUT2D eigenvalue weighted by molar-refractivity contribution is 7.90. The molecule has 1 unspecified atom stereocenters. The molecule has 88 valence electrons. The fourth-order valence-corrected chi connectivity index (χ4v) is 1.67. The fourth-order valence-electron chi connectivity index (χ4n) is 0.993. The van der Waals surface area contributed by atoms with Gasteiger partial charge < -0.3 is 15.2 Å². The van der Waals surface area contributed by atoms with Gasteiger partial charge in [0.2, 0.25) is 0 Å². The van der Waals surface area contributed by atoms with Gasteiger partial charge in [-0.05, 0) is 6.42 Å². The van der Waals surface area contributed by atoms with Crippen molar-refractivity contribution < 1.29 is 22.7 Å². The van der Waals surface area contributed by atoms with Crippen LogP contribution in [0.4, 0.5) is 0 Å². The van der Waals surface area contributed by atoms with Gasteiger partial charge in [0, 0.05) is 6.26 Å². The summed E-state index contributed by atoms with van der Waals surface area (Å²) in [5.74, 6) is -0.670. The Morgan fingerprint density at radius 2 is 2.20 bits per heavy atom. The Morgan fingerprint density at radius 3 is 2.60 bits per heavy atom. The maximum atomic E-state index is 11.3. The van der Waals surface area contributed by atoms with Gasteiger partial charge in [0.15, 0.2) is 0 Å². The molecule has 0 aromatic heterocycles. The van der Waals surface area contributed by atoms with E-state index < -0.39 is 21.8 Å².